The second-order valence-electron chi connectivity index (χ2n) is 12.6. The average molecular weight is 795 g/mol. The Labute approximate surface area is 321 Å². The summed E-state index contributed by atoms with van der Waals surface area (Å²) in [6.45, 7) is -3.02. The lowest BCUT2D eigenvalue weighted by molar-refractivity contribution is -0.117. The number of hydrogen-bond acceptors (Lipinski definition) is 15. The van der Waals surface area contributed by atoms with E-state index in [-0.39, 0.29) is 59.8 Å². The van der Waals surface area contributed by atoms with E-state index in [4.69, 9.17) is 20.4 Å². The highest BCUT2D eigenvalue weighted by molar-refractivity contribution is 6.04. The third-order valence-electron chi connectivity index (χ3n) is 7.89. The number of carbonyl (C=O) groups excluding carboxylic acids is 6. The zero-order valence-electron chi connectivity index (χ0n) is 30.8. The van der Waals surface area contributed by atoms with Crippen molar-refractivity contribution in [2.24, 2.45) is 0 Å². The lowest BCUT2D eigenvalue weighted by Gasteiger charge is -2.29. The Morgan fingerprint density at radius 3 is 0.875 bits per heavy atom. The van der Waals surface area contributed by atoms with Crippen LogP contribution in [0.1, 0.15) is 55.3 Å². The third-order valence-corrected chi connectivity index (χ3v) is 7.89. The molecule has 310 valence electrons. The maximum Gasteiger partial charge on any atom is 0.251 e. The van der Waals surface area contributed by atoms with Gasteiger partial charge in [0, 0.05) is 73.7 Å². The van der Waals surface area contributed by atoms with Crippen LogP contribution in [-0.2, 0) is 9.59 Å². The van der Waals surface area contributed by atoms with Crippen molar-refractivity contribution in [1.29, 1.82) is 0 Å². The van der Waals surface area contributed by atoms with Gasteiger partial charge in [0.2, 0.25) is 11.8 Å². The van der Waals surface area contributed by atoms with E-state index in [1.54, 1.807) is 0 Å². The molecule has 4 unspecified atom stereocenters. The molecular weight excluding hydrogens is 744 g/mol. The van der Waals surface area contributed by atoms with Gasteiger partial charge in [-0.15, -0.1) is 0 Å². The van der Waals surface area contributed by atoms with Crippen LogP contribution in [0.4, 0.5) is 11.4 Å². The molecular formula is C35H50N6O15. The van der Waals surface area contributed by atoms with Gasteiger partial charge in [-0.3, -0.25) is 28.8 Å². The van der Waals surface area contributed by atoms with E-state index in [0.29, 0.717) is 0 Å². The number of nitrogens with zero attached hydrogens (tertiary/aromatic N) is 2. The summed E-state index contributed by atoms with van der Waals surface area (Å²) in [6.07, 6.45) is -6.81. The quantitative estimate of drug-likeness (QED) is 0.0530. The highest BCUT2D eigenvalue weighted by atomic mass is 16.3. The zero-order chi connectivity index (χ0) is 42.1. The van der Waals surface area contributed by atoms with Crippen molar-refractivity contribution < 1.29 is 74.7 Å². The Balaban J connectivity index is 2.53. The predicted octanol–water partition coefficient (Wildman–Crippen LogP) is -5.21. The van der Waals surface area contributed by atoms with Crippen molar-refractivity contribution in [3.05, 3.63) is 58.7 Å². The van der Waals surface area contributed by atoms with Crippen molar-refractivity contribution in [2.75, 3.05) is 75.5 Å². The average Bonchev–Trinajstić information content (AvgIpc) is 3.19. The van der Waals surface area contributed by atoms with Crippen molar-refractivity contribution in [2.45, 2.75) is 44.4 Å². The molecule has 0 aromatic heterocycles. The molecule has 56 heavy (non-hydrogen) atoms. The predicted molar refractivity (Wildman–Crippen MR) is 197 cm³/mol. The van der Waals surface area contributed by atoms with Crippen LogP contribution in [0.25, 0.3) is 0 Å². The van der Waals surface area contributed by atoms with Gasteiger partial charge >= 0.3 is 0 Å². The molecule has 0 heterocycles. The van der Waals surface area contributed by atoms with E-state index in [1.807, 2.05) is 0 Å². The van der Waals surface area contributed by atoms with Gasteiger partial charge in [-0.1, -0.05) is 0 Å². The number of aliphatic hydroxyl groups is 9. The first kappa shape index (κ1) is 47.1. The molecule has 0 radical (unpaired) electrons. The summed E-state index contributed by atoms with van der Waals surface area (Å²) in [5, 5.41) is 96.0. The highest BCUT2D eigenvalue weighted by Gasteiger charge is 2.26. The number of rotatable bonds is 22. The van der Waals surface area contributed by atoms with Crippen LogP contribution in [0, 0.1) is 0 Å². The van der Waals surface area contributed by atoms with E-state index in [2.05, 4.69) is 21.3 Å². The number of aliphatic hydroxyl groups excluding tert-OH is 9. The van der Waals surface area contributed by atoms with Crippen LogP contribution in [0.15, 0.2) is 36.4 Å². The second kappa shape index (κ2) is 23.1. The van der Waals surface area contributed by atoms with Crippen LogP contribution in [-0.4, -0.2) is 178 Å². The highest BCUT2D eigenvalue weighted by Crippen LogP contribution is 2.24. The number of carbonyl (C=O) groups is 6. The molecule has 4 atom stereocenters. The van der Waals surface area contributed by atoms with Gasteiger partial charge < -0.3 is 77.0 Å². The van der Waals surface area contributed by atoms with Crippen molar-refractivity contribution in [1.82, 2.24) is 21.3 Å². The Kier molecular flexibility index (Phi) is 19.4. The van der Waals surface area contributed by atoms with Crippen LogP contribution < -0.4 is 31.1 Å². The minimum Gasteiger partial charge on any atom is -0.394 e. The molecule has 0 saturated carbocycles. The summed E-state index contributed by atoms with van der Waals surface area (Å²) in [5.41, 5.74) is -0.921. The number of amides is 6. The Hall–Kier alpha value is -5.10. The molecule has 0 saturated heterocycles. The first-order valence-corrected chi connectivity index (χ1v) is 17.3. The molecule has 13 N–H and O–H groups in total. The van der Waals surface area contributed by atoms with Crippen LogP contribution >= 0.6 is 0 Å². The summed E-state index contributed by atoms with van der Waals surface area (Å²) < 4.78 is 0. The maximum atomic E-state index is 13.0. The largest absolute Gasteiger partial charge is 0.394 e. The molecule has 2 aromatic carbocycles. The van der Waals surface area contributed by atoms with E-state index in [9.17, 15) is 54.3 Å². The topological polar surface area (TPSA) is 339 Å². The molecule has 2 aromatic rings. The van der Waals surface area contributed by atoms with Crippen LogP contribution in [0.3, 0.4) is 0 Å². The fourth-order valence-corrected chi connectivity index (χ4v) is 4.88. The Morgan fingerprint density at radius 1 is 0.446 bits per heavy atom. The Bertz CT molecular complexity index is 1470. The SMILES string of the molecule is CC(=O)N(CC(O)CN(C(C)=O)c1cc(C(=O)NCC(O)CO)cc(C(=O)NCC(O)CO)c1)c1cc(C(=O)NCC(O)CO)cc(C(=O)NCC(O)CO)c1. The molecule has 0 fully saturated rings. The number of anilines is 2. The minimum absolute atomic E-state index is 0.0816. The molecule has 0 bridgehead atoms. The molecule has 21 heteroatoms. The summed E-state index contributed by atoms with van der Waals surface area (Å²) in [6, 6.07) is 7.08. The van der Waals surface area contributed by atoms with Gasteiger partial charge in [0.05, 0.1) is 70.0 Å². The Morgan fingerprint density at radius 2 is 0.679 bits per heavy atom. The molecule has 0 aliphatic heterocycles. The van der Waals surface area contributed by atoms with Gasteiger partial charge in [-0.25, -0.2) is 0 Å². The normalized spacial score (nSPS) is 13.7. The fourth-order valence-electron chi connectivity index (χ4n) is 4.88. The lowest BCUT2D eigenvalue weighted by Crippen LogP contribution is -2.44. The van der Waals surface area contributed by atoms with Crippen molar-refractivity contribution in [3.63, 3.8) is 0 Å². The number of hydrogen-bond donors (Lipinski definition) is 13. The monoisotopic (exact) mass is 794 g/mol. The molecule has 2 rings (SSSR count). The molecule has 21 nitrogen and oxygen atoms in total. The summed E-state index contributed by atoms with van der Waals surface area (Å²) in [5.74, 6) is -4.68. The van der Waals surface area contributed by atoms with Gasteiger partial charge in [-0.05, 0) is 36.4 Å². The molecule has 0 aliphatic carbocycles. The molecule has 6 amide bonds. The number of nitrogens with one attached hydrogen (secondary N) is 4. The minimum atomic E-state index is -1.58. The molecule has 0 spiro atoms. The van der Waals surface area contributed by atoms with Gasteiger partial charge in [0.25, 0.3) is 23.6 Å². The third kappa shape index (κ3) is 14.9. The molecule has 0 aliphatic rings. The first-order chi connectivity index (χ1) is 26.4. The van der Waals surface area contributed by atoms with Gasteiger partial charge in [-0.2, -0.15) is 0 Å². The zero-order valence-corrected chi connectivity index (χ0v) is 30.8. The van der Waals surface area contributed by atoms with E-state index < -0.39 is 105 Å². The number of benzene rings is 2. The fraction of sp³-hybridized carbons (Fsp3) is 0.486. The maximum absolute atomic E-state index is 13.0. The first-order valence-electron chi connectivity index (χ1n) is 17.3. The van der Waals surface area contributed by atoms with Crippen LogP contribution in [0.5, 0.6) is 0 Å². The van der Waals surface area contributed by atoms with E-state index in [1.165, 1.54) is 24.3 Å². The van der Waals surface area contributed by atoms with Gasteiger partial charge in [0.1, 0.15) is 0 Å². The summed E-state index contributed by atoms with van der Waals surface area (Å²) in [4.78, 5) is 80.0. The lowest BCUT2D eigenvalue weighted by atomic mass is 10.1. The van der Waals surface area contributed by atoms with Crippen molar-refractivity contribution in [3.8, 4) is 0 Å². The standard InChI is InChI=1S/C35H50N6O15/c1-19(46)40(25-5-21(32(53)36-9-27(48)15-42)3-22(6-25)33(54)37-10-28(49)16-43)13-31(52)14-41(20(2)47)26-7-23(34(55)38-11-29(50)17-44)4-24(8-26)35(56)39-12-30(51)18-45/h3-8,27-31,42-45,48-52H,9-18H2,1-2H3,(H,36,53)(H,37,54)(H,38,55)(H,39,56). The van der Waals surface area contributed by atoms with E-state index in [0.717, 1.165) is 35.8 Å². The second-order valence-corrected chi connectivity index (χ2v) is 12.6. The summed E-state index contributed by atoms with van der Waals surface area (Å²) in [7, 11) is 0. The van der Waals surface area contributed by atoms with E-state index >= 15 is 0 Å². The summed E-state index contributed by atoms with van der Waals surface area (Å²) >= 11 is 0. The van der Waals surface area contributed by atoms with Gasteiger partial charge in [0.15, 0.2) is 0 Å². The van der Waals surface area contributed by atoms with Crippen LogP contribution in [0.2, 0.25) is 0 Å². The van der Waals surface area contributed by atoms with Crippen molar-refractivity contribution >= 4 is 46.8 Å². The smallest absolute Gasteiger partial charge is 0.251 e.